The molecule has 1 aliphatic carbocycles. The SMILES string of the molecule is CC1CC(Oc2cc(Br)ccc2C(C)N)CC(C)(C)C1. The Morgan fingerprint density at radius 1 is 1.35 bits per heavy atom. The molecule has 0 saturated heterocycles. The van der Waals surface area contributed by atoms with Crippen LogP contribution in [0, 0.1) is 11.3 Å². The molecule has 0 heterocycles. The fourth-order valence-electron chi connectivity index (χ4n) is 3.51. The molecular weight excluding hydrogens is 314 g/mol. The van der Waals surface area contributed by atoms with E-state index < -0.39 is 0 Å². The van der Waals surface area contributed by atoms with Crippen LogP contribution in [0.25, 0.3) is 0 Å². The van der Waals surface area contributed by atoms with Gasteiger partial charge < -0.3 is 10.5 Å². The van der Waals surface area contributed by atoms with E-state index >= 15 is 0 Å². The van der Waals surface area contributed by atoms with Crippen molar-refractivity contribution in [3.05, 3.63) is 28.2 Å². The van der Waals surface area contributed by atoms with Crippen LogP contribution < -0.4 is 10.5 Å². The van der Waals surface area contributed by atoms with Crippen LogP contribution in [0.3, 0.4) is 0 Å². The molecular formula is C17H26BrNO. The molecule has 0 spiro atoms. The molecule has 3 atom stereocenters. The van der Waals surface area contributed by atoms with E-state index in [0.717, 1.165) is 34.5 Å². The van der Waals surface area contributed by atoms with Crippen LogP contribution in [0.5, 0.6) is 5.75 Å². The molecule has 0 radical (unpaired) electrons. The molecule has 2 nitrogen and oxygen atoms in total. The van der Waals surface area contributed by atoms with Gasteiger partial charge in [-0.25, -0.2) is 0 Å². The number of hydrogen-bond acceptors (Lipinski definition) is 2. The Kier molecular flexibility index (Phi) is 4.80. The Morgan fingerprint density at radius 3 is 2.65 bits per heavy atom. The van der Waals surface area contributed by atoms with Gasteiger partial charge >= 0.3 is 0 Å². The fraction of sp³-hybridized carbons (Fsp3) is 0.647. The predicted molar refractivity (Wildman–Crippen MR) is 88.0 cm³/mol. The van der Waals surface area contributed by atoms with E-state index in [1.165, 1.54) is 6.42 Å². The van der Waals surface area contributed by atoms with Crippen LogP contribution in [0.4, 0.5) is 0 Å². The van der Waals surface area contributed by atoms with Crippen LogP contribution in [0.2, 0.25) is 0 Å². The van der Waals surface area contributed by atoms with Gasteiger partial charge in [0.25, 0.3) is 0 Å². The van der Waals surface area contributed by atoms with E-state index in [0.29, 0.717) is 11.5 Å². The average Bonchev–Trinajstić information content (AvgIpc) is 2.25. The van der Waals surface area contributed by atoms with Crippen molar-refractivity contribution in [3.63, 3.8) is 0 Å². The Hall–Kier alpha value is -0.540. The lowest BCUT2D eigenvalue weighted by Gasteiger charge is -2.39. The highest BCUT2D eigenvalue weighted by atomic mass is 79.9. The van der Waals surface area contributed by atoms with Crippen molar-refractivity contribution in [2.45, 2.75) is 59.1 Å². The first-order chi connectivity index (χ1) is 9.27. The van der Waals surface area contributed by atoms with Crippen molar-refractivity contribution < 1.29 is 4.74 Å². The fourth-order valence-corrected chi connectivity index (χ4v) is 3.85. The minimum atomic E-state index is -0.00729. The third-order valence-corrected chi connectivity index (χ3v) is 4.60. The normalized spacial score (nSPS) is 27.1. The Bertz CT molecular complexity index is 470. The Morgan fingerprint density at radius 2 is 2.05 bits per heavy atom. The molecule has 1 aliphatic rings. The summed E-state index contributed by atoms with van der Waals surface area (Å²) < 4.78 is 7.37. The molecule has 0 amide bonds. The van der Waals surface area contributed by atoms with Crippen molar-refractivity contribution in [2.24, 2.45) is 17.1 Å². The number of rotatable bonds is 3. The summed E-state index contributed by atoms with van der Waals surface area (Å²) in [6, 6.07) is 6.12. The van der Waals surface area contributed by atoms with E-state index in [4.69, 9.17) is 10.5 Å². The van der Waals surface area contributed by atoms with Gasteiger partial charge in [0.1, 0.15) is 5.75 Å². The average molecular weight is 340 g/mol. The molecule has 3 heteroatoms. The largest absolute Gasteiger partial charge is 0.490 e. The van der Waals surface area contributed by atoms with E-state index in [-0.39, 0.29) is 6.04 Å². The zero-order valence-electron chi connectivity index (χ0n) is 12.9. The van der Waals surface area contributed by atoms with Gasteiger partial charge in [0.15, 0.2) is 0 Å². The van der Waals surface area contributed by atoms with Gasteiger partial charge in [0.05, 0.1) is 6.10 Å². The molecule has 1 aromatic rings. The van der Waals surface area contributed by atoms with Crippen LogP contribution in [-0.2, 0) is 0 Å². The first kappa shape index (κ1) is 15.8. The van der Waals surface area contributed by atoms with Crippen molar-refractivity contribution in [1.29, 1.82) is 0 Å². The molecule has 3 unspecified atom stereocenters. The van der Waals surface area contributed by atoms with Crippen LogP contribution in [0.1, 0.15) is 58.6 Å². The smallest absolute Gasteiger partial charge is 0.125 e. The van der Waals surface area contributed by atoms with Gasteiger partial charge in [-0.3, -0.25) is 0 Å². The maximum absolute atomic E-state index is 6.32. The number of benzene rings is 1. The highest BCUT2D eigenvalue weighted by Gasteiger charge is 2.33. The topological polar surface area (TPSA) is 35.2 Å². The van der Waals surface area contributed by atoms with E-state index in [2.05, 4.69) is 42.8 Å². The number of ether oxygens (including phenoxy) is 1. The first-order valence-electron chi connectivity index (χ1n) is 7.48. The van der Waals surface area contributed by atoms with E-state index in [9.17, 15) is 0 Å². The van der Waals surface area contributed by atoms with Crippen LogP contribution >= 0.6 is 15.9 Å². The van der Waals surface area contributed by atoms with Gasteiger partial charge in [-0.2, -0.15) is 0 Å². The van der Waals surface area contributed by atoms with Gasteiger partial charge in [-0.05, 0) is 49.7 Å². The van der Waals surface area contributed by atoms with Crippen LogP contribution in [-0.4, -0.2) is 6.10 Å². The maximum Gasteiger partial charge on any atom is 0.125 e. The summed E-state index contributed by atoms with van der Waals surface area (Å²) in [6.45, 7) is 9.01. The second kappa shape index (κ2) is 6.07. The third-order valence-electron chi connectivity index (χ3n) is 4.11. The minimum Gasteiger partial charge on any atom is -0.490 e. The standard InChI is InChI=1S/C17H26BrNO/c1-11-7-14(10-17(3,4)9-11)20-16-8-13(18)5-6-15(16)12(2)19/h5-6,8,11-12,14H,7,9-10,19H2,1-4H3. The lowest BCUT2D eigenvalue weighted by molar-refractivity contribution is 0.0554. The molecule has 1 fully saturated rings. The zero-order chi connectivity index (χ0) is 14.9. The summed E-state index contributed by atoms with van der Waals surface area (Å²) in [7, 11) is 0. The number of hydrogen-bond donors (Lipinski definition) is 1. The van der Waals surface area contributed by atoms with E-state index in [1.807, 2.05) is 19.1 Å². The molecule has 0 aliphatic heterocycles. The van der Waals surface area contributed by atoms with Gasteiger partial charge in [0.2, 0.25) is 0 Å². The van der Waals surface area contributed by atoms with Crippen molar-refractivity contribution in [1.82, 2.24) is 0 Å². The summed E-state index contributed by atoms with van der Waals surface area (Å²) in [4.78, 5) is 0. The Balaban J connectivity index is 2.19. The van der Waals surface area contributed by atoms with Crippen molar-refractivity contribution >= 4 is 15.9 Å². The maximum atomic E-state index is 6.32. The monoisotopic (exact) mass is 339 g/mol. The van der Waals surface area contributed by atoms with E-state index in [1.54, 1.807) is 0 Å². The summed E-state index contributed by atoms with van der Waals surface area (Å²) >= 11 is 3.52. The summed E-state index contributed by atoms with van der Waals surface area (Å²) in [5.74, 6) is 1.65. The lowest BCUT2D eigenvalue weighted by Crippen LogP contribution is -2.34. The van der Waals surface area contributed by atoms with Crippen LogP contribution in [0.15, 0.2) is 22.7 Å². The molecule has 20 heavy (non-hydrogen) atoms. The predicted octanol–water partition coefficient (Wildman–Crippen LogP) is 5.06. The Labute approximate surface area is 131 Å². The molecule has 0 bridgehead atoms. The first-order valence-corrected chi connectivity index (χ1v) is 8.28. The molecule has 2 rings (SSSR count). The molecule has 1 saturated carbocycles. The second-order valence-electron chi connectivity index (χ2n) is 7.12. The quantitative estimate of drug-likeness (QED) is 0.834. The van der Waals surface area contributed by atoms with Gasteiger partial charge in [0, 0.05) is 16.1 Å². The summed E-state index contributed by atoms with van der Waals surface area (Å²) in [5, 5.41) is 0. The highest BCUT2D eigenvalue weighted by Crippen LogP contribution is 2.41. The molecule has 112 valence electrons. The van der Waals surface area contributed by atoms with Crippen molar-refractivity contribution in [2.75, 3.05) is 0 Å². The second-order valence-corrected chi connectivity index (χ2v) is 8.04. The molecule has 1 aromatic carbocycles. The lowest BCUT2D eigenvalue weighted by atomic mass is 9.71. The zero-order valence-corrected chi connectivity index (χ0v) is 14.5. The highest BCUT2D eigenvalue weighted by molar-refractivity contribution is 9.10. The summed E-state index contributed by atoms with van der Waals surface area (Å²) in [5.41, 5.74) is 7.51. The number of halogens is 1. The summed E-state index contributed by atoms with van der Waals surface area (Å²) in [6.07, 6.45) is 3.82. The minimum absolute atomic E-state index is 0.00729. The molecule has 0 aromatic heterocycles. The molecule has 2 N–H and O–H groups in total. The third kappa shape index (κ3) is 3.98. The van der Waals surface area contributed by atoms with Crippen molar-refractivity contribution in [3.8, 4) is 5.75 Å². The number of nitrogens with two attached hydrogens (primary N) is 1. The van der Waals surface area contributed by atoms with Gasteiger partial charge in [-0.15, -0.1) is 0 Å². The van der Waals surface area contributed by atoms with Gasteiger partial charge in [-0.1, -0.05) is 42.8 Å².